The summed E-state index contributed by atoms with van der Waals surface area (Å²) in [5.74, 6) is 0.660. The largest absolute Gasteiger partial charge is 0.377 e. The van der Waals surface area contributed by atoms with Crippen LogP contribution in [-0.2, 0) is 19.6 Å². The molecule has 1 aromatic rings. The van der Waals surface area contributed by atoms with Gasteiger partial charge in [-0.1, -0.05) is 18.6 Å². The Balaban J connectivity index is 1.12. The topological polar surface area (TPSA) is 91.3 Å². The van der Waals surface area contributed by atoms with Gasteiger partial charge in [0.15, 0.2) is 0 Å². The van der Waals surface area contributed by atoms with Gasteiger partial charge in [-0.3, -0.25) is 19.4 Å². The van der Waals surface area contributed by atoms with Gasteiger partial charge in [-0.05, 0) is 37.8 Å². The molecule has 170 valence electrons. The number of unbranched alkanes of at least 4 members (excludes halogenated alkanes) is 2. The Morgan fingerprint density at radius 3 is 2.71 bits per heavy atom. The van der Waals surface area contributed by atoms with Gasteiger partial charge in [0.1, 0.15) is 5.84 Å². The molecule has 3 heterocycles. The number of amidine groups is 1. The van der Waals surface area contributed by atoms with Crippen LogP contribution in [0.1, 0.15) is 44.1 Å². The molecule has 0 spiro atoms. The van der Waals surface area contributed by atoms with E-state index in [1.54, 1.807) is 18.2 Å². The van der Waals surface area contributed by atoms with Gasteiger partial charge in [0.2, 0.25) is 5.91 Å². The first-order valence-electron chi connectivity index (χ1n) is 11.3. The van der Waals surface area contributed by atoms with Crippen LogP contribution in [0.2, 0.25) is 0 Å². The van der Waals surface area contributed by atoms with Crippen molar-refractivity contribution >= 4 is 21.8 Å². The molecule has 1 N–H and O–H groups in total. The second kappa shape index (κ2) is 10.1. The SMILES string of the molecule is O=C(CCCCCN=C1NS(=O)(=O)c2ccccc21)N1CCN(CC2CCCO2)CC1. The van der Waals surface area contributed by atoms with Gasteiger partial charge in [0.25, 0.3) is 10.0 Å². The summed E-state index contributed by atoms with van der Waals surface area (Å²) in [6, 6.07) is 6.88. The highest BCUT2D eigenvalue weighted by Gasteiger charge is 2.30. The highest BCUT2D eigenvalue weighted by molar-refractivity contribution is 7.90. The zero-order chi connectivity index (χ0) is 21.7. The van der Waals surface area contributed by atoms with Gasteiger partial charge in [-0.15, -0.1) is 0 Å². The Morgan fingerprint density at radius 2 is 1.94 bits per heavy atom. The van der Waals surface area contributed by atoms with E-state index in [-0.39, 0.29) is 10.8 Å². The molecule has 0 aliphatic carbocycles. The summed E-state index contributed by atoms with van der Waals surface area (Å²) in [7, 11) is -3.48. The molecule has 1 atom stereocenters. The van der Waals surface area contributed by atoms with Crippen molar-refractivity contribution in [2.45, 2.75) is 49.5 Å². The standard InChI is InChI=1S/C22H32N4O4S/c27-21(26-14-12-25(13-15-26)17-18-7-6-16-30-18)10-2-1-5-11-23-22-19-8-3-4-9-20(19)31(28,29)24-22/h3-4,8-9,18H,1-2,5-7,10-17H2,(H,23,24). The maximum atomic E-state index is 12.5. The van der Waals surface area contributed by atoms with Crippen LogP contribution >= 0.6 is 0 Å². The Bertz CT molecular complexity index is 904. The number of carbonyl (C=O) groups is 1. The van der Waals surface area contributed by atoms with Gasteiger partial charge in [-0.25, -0.2) is 8.42 Å². The second-order valence-corrected chi connectivity index (χ2v) is 10.1. The number of ether oxygens (including phenoxy) is 1. The van der Waals surface area contributed by atoms with Crippen molar-refractivity contribution in [1.82, 2.24) is 14.5 Å². The summed E-state index contributed by atoms with van der Waals surface area (Å²) in [4.78, 5) is 21.6. The van der Waals surface area contributed by atoms with Crippen molar-refractivity contribution in [2.24, 2.45) is 4.99 Å². The molecule has 0 bridgehead atoms. The van der Waals surface area contributed by atoms with Crippen molar-refractivity contribution in [3.8, 4) is 0 Å². The van der Waals surface area contributed by atoms with E-state index in [0.717, 1.165) is 65.0 Å². The minimum Gasteiger partial charge on any atom is -0.377 e. The average Bonchev–Trinajstić information content (AvgIpc) is 3.37. The third-order valence-electron chi connectivity index (χ3n) is 6.19. The van der Waals surface area contributed by atoms with E-state index in [2.05, 4.69) is 14.6 Å². The number of sulfonamides is 1. The molecule has 0 saturated carbocycles. The third kappa shape index (κ3) is 5.64. The fraction of sp³-hybridized carbons (Fsp3) is 0.636. The maximum Gasteiger partial charge on any atom is 0.263 e. The molecule has 0 aromatic heterocycles. The van der Waals surface area contributed by atoms with Gasteiger partial charge >= 0.3 is 0 Å². The molecule has 1 unspecified atom stereocenters. The first kappa shape index (κ1) is 22.2. The molecule has 4 rings (SSSR count). The predicted octanol–water partition coefficient (Wildman–Crippen LogP) is 1.61. The molecule has 3 aliphatic rings. The summed E-state index contributed by atoms with van der Waals surface area (Å²) >= 11 is 0. The molecule has 1 aromatic carbocycles. The highest BCUT2D eigenvalue weighted by atomic mass is 32.2. The number of aliphatic imine (C=N–C) groups is 1. The number of carbonyl (C=O) groups excluding carboxylic acids is 1. The average molecular weight is 449 g/mol. The Kier molecular flexibility index (Phi) is 7.24. The lowest BCUT2D eigenvalue weighted by Gasteiger charge is -2.35. The molecular weight excluding hydrogens is 416 g/mol. The Labute approximate surface area is 184 Å². The van der Waals surface area contributed by atoms with Crippen molar-refractivity contribution in [1.29, 1.82) is 0 Å². The highest BCUT2D eigenvalue weighted by Crippen LogP contribution is 2.22. The molecule has 2 fully saturated rings. The number of nitrogens with zero attached hydrogens (tertiary/aromatic N) is 3. The zero-order valence-corrected chi connectivity index (χ0v) is 18.8. The van der Waals surface area contributed by atoms with Crippen LogP contribution in [0, 0.1) is 0 Å². The third-order valence-corrected chi connectivity index (χ3v) is 7.59. The maximum absolute atomic E-state index is 12.5. The van der Waals surface area contributed by atoms with Gasteiger partial charge < -0.3 is 9.64 Å². The van der Waals surface area contributed by atoms with Crippen molar-refractivity contribution in [3.05, 3.63) is 29.8 Å². The quantitative estimate of drug-likeness (QED) is 0.610. The number of nitrogens with one attached hydrogen (secondary N) is 1. The number of fused-ring (bicyclic) bond motifs is 1. The predicted molar refractivity (Wildman–Crippen MR) is 119 cm³/mol. The summed E-state index contributed by atoms with van der Waals surface area (Å²) in [6.07, 6.45) is 5.83. The number of amides is 1. The van der Waals surface area contributed by atoms with Crippen LogP contribution in [0.25, 0.3) is 0 Å². The summed E-state index contributed by atoms with van der Waals surface area (Å²) < 4.78 is 32.4. The fourth-order valence-corrected chi connectivity index (χ4v) is 5.67. The smallest absolute Gasteiger partial charge is 0.263 e. The number of hydrogen-bond acceptors (Lipinski definition) is 6. The van der Waals surface area contributed by atoms with Crippen LogP contribution in [0.15, 0.2) is 34.2 Å². The number of piperazine rings is 1. The van der Waals surface area contributed by atoms with Crippen LogP contribution in [0.5, 0.6) is 0 Å². The summed E-state index contributed by atoms with van der Waals surface area (Å²) in [6.45, 7) is 5.89. The molecule has 0 radical (unpaired) electrons. The number of rotatable bonds is 8. The van der Waals surface area contributed by atoms with Gasteiger partial charge in [0, 0.05) is 57.9 Å². The normalized spacial score (nSPS) is 24.3. The monoisotopic (exact) mass is 448 g/mol. The van der Waals surface area contributed by atoms with Crippen LogP contribution in [0.3, 0.4) is 0 Å². The first-order valence-corrected chi connectivity index (χ1v) is 12.8. The molecule has 3 aliphatic heterocycles. The minimum absolute atomic E-state index is 0.237. The Hall–Kier alpha value is -1.97. The molecule has 31 heavy (non-hydrogen) atoms. The van der Waals surface area contributed by atoms with E-state index in [4.69, 9.17) is 4.74 Å². The van der Waals surface area contributed by atoms with Gasteiger partial charge in [0.05, 0.1) is 11.0 Å². The second-order valence-electron chi connectivity index (χ2n) is 8.46. The lowest BCUT2D eigenvalue weighted by atomic mass is 10.1. The van der Waals surface area contributed by atoms with Crippen LogP contribution in [0.4, 0.5) is 0 Å². The zero-order valence-electron chi connectivity index (χ0n) is 18.0. The fourth-order valence-electron chi connectivity index (χ4n) is 4.42. The van der Waals surface area contributed by atoms with Crippen LogP contribution < -0.4 is 4.72 Å². The van der Waals surface area contributed by atoms with E-state index in [9.17, 15) is 13.2 Å². The van der Waals surface area contributed by atoms with Crippen molar-refractivity contribution < 1.29 is 17.9 Å². The van der Waals surface area contributed by atoms with Crippen molar-refractivity contribution in [3.63, 3.8) is 0 Å². The Morgan fingerprint density at radius 1 is 1.13 bits per heavy atom. The number of hydrogen-bond donors (Lipinski definition) is 1. The van der Waals surface area contributed by atoms with E-state index in [1.165, 1.54) is 6.42 Å². The van der Waals surface area contributed by atoms with E-state index in [1.807, 2.05) is 11.0 Å². The molecule has 9 heteroatoms. The van der Waals surface area contributed by atoms with E-state index < -0.39 is 10.0 Å². The minimum atomic E-state index is -3.48. The van der Waals surface area contributed by atoms with E-state index in [0.29, 0.717) is 30.5 Å². The lowest BCUT2D eigenvalue weighted by molar-refractivity contribution is -0.133. The number of benzene rings is 1. The molecule has 2 saturated heterocycles. The van der Waals surface area contributed by atoms with E-state index >= 15 is 0 Å². The summed E-state index contributed by atoms with van der Waals surface area (Å²) in [5, 5.41) is 0. The lowest BCUT2D eigenvalue weighted by Crippen LogP contribution is -2.50. The first-order chi connectivity index (χ1) is 15.0. The van der Waals surface area contributed by atoms with Crippen molar-refractivity contribution in [2.75, 3.05) is 45.9 Å². The molecule has 1 amide bonds. The molecular formula is C22H32N4O4S. The van der Waals surface area contributed by atoms with Crippen LogP contribution in [-0.4, -0.2) is 81.9 Å². The molecule has 8 nitrogen and oxygen atoms in total. The van der Waals surface area contributed by atoms with Gasteiger partial charge in [-0.2, -0.15) is 0 Å². The summed E-state index contributed by atoms with van der Waals surface area (Å²) in [5.41, 5.74) is 0.635.